The van der Waals surface area contributed by atoms with Gasteiger partial charge in [0.25, 0.3) is 0 Å². The monoisotopic (exact) mass is 361 g/mol. The lowest BCUT2D eigenvalue weighted by molar-refractivity contribution is -0.116. The summed E-state index contributed by atoms with van der Waals surface area (Å²) in [4.78, 5) is 25.8. The van der Waals surface area contributed by atoms with Crippen LogP contribution in [0.5, 0.6) is 0 Å². The average Bonchev–Trinajstić information content (AvgIpc) is 2.74. The first kappa shape index (κ1) is 17.4. The van der Waals surface area contributed by atoms with Crippen molar-refractivity contribution in [2.75, 3.05) is 42.9 Å². The van der Waals surface area contributed by atoms with Crippen LogP contribution in [-0.2, 0) is 4.79 Å². The van der Waals surface area contributed by atoms with Crippen molar-refractivity contribution in [3.63, 3.8) is 0 Å². The van der Waals surface area contributed by atoms with Gasteiger partial charge in [-0.15, -0.1) is 0 Å². The molecule has 4 rings (SSSR count). The third-order valence-electron chi connectivity index (χ3n) is 4.91. The molecule has 1 aromatic carbocycles. The number of fused-ring (bicyclic) bond motifs is 1. The Bertz CT molecular complexity index is 901. The Labute approximate surface area is 158 Å². The Kier molecular flexibility index (Phi) is 5.25. The normalized spacial score (nSPS) is 15.0. The topological polar surface area (TPSA) is 61.4 Å². The lowest BCUT2D eigenvalue weighted by atomic mass is 10.2. The van der Waals surface area contributed by atoms with E-state index in [4.69, 9.17) is 0 Å². The number of benzene rings is 1. The molecule has 2 aromatic heterocycles. The molecule has 1 N–H and O–H groups in total. The molecule has 0 radical (unpaired) electrons. The summed E-state index contributed by atoms with van der Waals surface area (Å²) in [6.45, 7) is 4.52. The molecular weight excluding hydrogens is 338 g/mol. The number of hydrogen-bond donors (Lipinski definition) is 1. The van der Waals surface area contributed by atoms with Gasteiger partial charge >= 0.3 is 0 Å². The quantitative estimate of drug-likeness (QED) is 0.757. The zero-order valence-electron chi connectivity index (χ0n) is 15.2. The number of hydrogen-bond acceptors (Lipinski definition) is 5. The highest BCUT2D eigenvalue weighted by Crippen LogP contribution is 2.20. The zero-order valence-corrected chi connectivity index (χ0v) is 15.2. The molecule has 3 heterocycles. The van der Waals surface area contributed by atoms with Crippen molar-refractivity contribution in [1.29, 1.82) is 0 Å². The van der Waals surface area contributed by atoms with Crippen LogP contribution in [0.3, 0.4) is 0 Å². The van der Waals surface area contributed by atoms with E-state index in [0.717, 1.165) is 55.1 Å². The van der Waals surface area contributed by atoms with E-state index >= 15 is 0 Å². The van der Waals surface area contributed by atoms with Gasteiger partial charge in [0.15, 0.2) is 0 Å². The lowest BCUT2D eigenvalue weighted by Crippen LogP contribution is -2.47. The van der Waals surface area contributed by atoms with Crippen LogP contribution in [-0.4, -0.2) is 53.5 Å². The van der Waals surface area contributed by atoms with Crippen LogP contribution in [0.25, 0.3) is 10.9 Å². The van der Waals surface area contributed by atoms with Gasteiger partial charge in [-0.1, -0.05) is 24.3 Å². The second-order valence-corrected chi connectivity index (χ2v) is 6.70. The van der Waals surface area contributed by atoms with Crippen LogP contribution in [0.2, 0.25) is 0 Å². The summed E-state index contributed by atoms with van der Waals surface area (Å²) >= 11 is 0. The van der Waals surface area contributed by atoms with Crippen molar-refractivity contribution < 1.29 is 4.79 Å². The zero-order chi connectivity index (χ0) is 18.5. The molecule has 1 saturated heterocycles. The molecule has 0 unspecified atom stereocenters. The van der Waals surface area contributed by atoms with Crippen LogP contribution >= 0.6 is 0 Å². The first-order valence-electron chi connectivity index (χ1n) is 9.31. The summed E-state index contributed by atoms with van der Waals surface area (Å²) in [5.41, 5.74) is 1.61. The van der Waals surface area contributed by atoms with Crippen LogP contribution in [0, 0.1) is 0 Å². The van der Waals surface area contributed by atoms with E-state index in [1.54, 1.807) is 6.20 Å². The Morgan fingerprint density at radius 2 is 1.74 bits per heavy atom. The van der Waals surface area contributed by atoms with Gasteiger partial charge in [-0.05, 0) is 24.3 Å². The van der Waals surface area contributed by atoms with Crippen molar-refractivity contribution in [3.8, 4) is 0 Å². The van der Waals surface area contributed by atoms with Gasteiger partial charge in [0.2, 0.25) is 5.91 Å². The molecule has 0 aliphatic carbocycles. The van der Waals surface area contributed by atoms with Crippen molar-refractivity contribution in [1.82, 2.24) is 14.9 Å². The molecule has 1 aliphatic rings. The fourth-order valence-corrected chi connectivity index (χ4v) is 3.42. The largest absolute Gasteiger partial charge is 0.354 e. The van der Waals surface area contributed by atoms with Crippen molar-refractivity contribution in [3.05, 3.63) is 60.9 Å². The molecule has 1 fully saturated rings. The Morgan fingerprint density at radius 1 is 0.926 bits per heavy atom. The number of carbonyl (C=O) groups excluding carboxylic acids is 1. The number of pyridine rings is 2. The maximum Gasteiger partial charge on any atom is 0.225 e. The first-order chi connectivity index (χ1) is 13.3. The van der Waals surface area contributed by atoms with E-state index in [1.165, 1.54) is 0 Å². The van der Waals surface area contributed by atoms with Crippen molar-refractivity contribution in [2.24, 2.45) is 0 Å². The Morgan fingerprint density at radius 3 is 2.56 bits per heavy atom. The van der Waals surface area contributed by atoms with Gasteiger partial charge in [-0.3, -0.25) is 14.7 Å². The maximum atomic E-state index is 12.4. The number of para-hydroxylation sites is 1. The van der Waals surface area contributed by atoms with E-state index in [2.05, 4.69) is 25.1 Å². The lowest BCUT2D eigenvalue weighted by Gasteiger charge is -2.35. The summed E-state index contributed by atoms with van der Waals surface area (Å²) in [6.07, 6.45) is 4.06. The molecule has 3 aromatic rings. The molecule has 138 valence electrons. The molecule has 1 amide bonds. The minimum atomic E-state index is 0.0281. The summed E-state index contributed by atoms with van der Waals surface area (Å²) in [6, 6.07) is 15.7. The number of rotatable bonds is 5. The van der Waals surface area contributed by atoms with Gasteiger partial charge in [0, 0.05) is 56.9 Å². The number of aromatic nitrogens is 2. The molecule has 0 atom stereocenters. The third kappa shape index (κ3) is 4.23. The van der Waals surface area contributed by atoms with E-state index in [0.29, 0.717) is 6.42 Å². The summed E-state index contributed by atoms with van der Waals surface area (Å²) in [7, 11) is 0. The number of nitrogens with one attached hydrogen (secondary N) is 1. The maximum absolute atomic E-state index is 12.4. The SMILES string of the molecule is O=C(CCN1CCN(c2ccccn2)CC1)Nc1cccc2cccnc12. The highest BCUT2D eigenvalue weighted by atomic mass is 16.1. The molecule has 0 bridgehead atoms. The molecule has 0 spiro atoms. The van der Waals surface area contributed by atoms with Crippen LogP contribution in [0.15, 0.2) is 60.9 Å². The average molecular weight is 361 g/mol. The third-order valence-corrected chi connectivity index (χ3v) is 4.91. The van der Waals surface area contributed by atoms with E-state index in [1.807, 2.05) is 54.7 Å². The number of amides is 1. The van der Waals surface area contributed by atoms with Crippen molar-refractivity contribution >= 4 is 28.3 Å². The molecule has 0 saturated carbocycles. The number of nitrogens with zero attached hydrogens (tertiary/aromatic N) is 4. The van der Waals surface area contributed by atoms with E-state index in [-0.39, 0.29) is 5.91 Å². The molecule has 6 heteroatoms. The van der Waals surface area contributed by atoms with Crippen LogP contribution in [0.1, 0.15) is 6.42 Å². The van der Waals surface area contributed by atoms with Gasteiger partial charge < -0.3 is 10.2 Å². The number of carbonyl (C=O) groups is 1. The summed E-state index contributed by atoms with van der Waals surface area (Å²) in [5.74, 6) is 1.05. The summed E-state index contributed by atoms with van der Waals surface area (Å²) < 4.78 is 0. The fourth-order valence-electron chi connectivity index (χ4n) is 3.42. The van der Waals surface area contributed by atoms with Gasteiger partial charge in [-0.25, -0.2) is 4.98 Å². The van der Waals surface area contributed by atoms with Gasteiger partial charge in [0.1, 0.15) is 5.82 Å². The van der Waals surface area contributed by atoms with Crippen molar-refractivity contribution in [2.45, 2.75) is 6.42 Å². The molecule has 6 nitrogen and oxygen atoms in total. The predicted molar refractivity (Wildman–Crippen MR) is 108 cm³/mol. The first-order valence-corrected chi connectivity index (χ1v) is 9.31. The molecule has 27 heavy (non-hydrogen) atoms. The second kappa shape index (κ2) is 8.14. The number of piperazine rings is 1. The molecule has 1 aliphatic heterocycles. The fraction of sp³-hybridized carbons (Fsp3) is 0.286. The predicted octanol–water partition coefficient (Wildman–Crippen LogP) is 2.78. The van der Waals surface area contributed by atoms with Gasteiger partial charge in [-0.2, -0.15) is 0 Å². The standard InChI is InChI=1S/C21H23N5O/c27-20(24-18-7-3-5-17-6-4-11-23-21(17)18)9-12-25-13-15-26(16-14-25)19-8-1-2-10-22-19/h1-8,10-11H,9,12-16H2,(H,24,27). The highest BCUT2D eigenvalue weighted by Gasteiger charge is 2.18. The van der Waals surface area contributed by atoms with Crippen LogP contribution in [0.4, 0.5) is 11.5 Å². The minimum Gasteiger partial charge on any atom is -0.354 e. The number of anilines is 2. The summed E-state index contributed by atoms with van der Waals surface area (Å²) in [5, 5.41) is 4.04. The smallest absolute Gasteiger partial charge is 0.225 e. The van der Waals surface area contributed by atoms with Gasteiger partial charge in [0.05, 0.1) is 11.2 Å². The second-order valence-electron chi connectivity index (χ2n) is 6.70. The van der Waals surface area contributed by atoms with Crippen LogP contribution < -0.4 is 10.2 Å². The molecular formula is C21H23N5O. The van der Waals surface area contributed by atoms with E-state index in [9.17, 15) is 4.79 Å². The minimum absolute atomic E-state index is 0.0281. The Hall–Kier alpha value is -2.99. The highest BCUT2D eigenvalue weighted by molar-refractivity contribution is 6.00. The Balaban J connectivity index is 1.28. The van der Waals surface area contributed by atoms with E-state index < -0.39 is 0 Å².